The van der Waals surface area contributed by atoms with E-state index in [0.717, 1.165) is 25.9 Å². The second-order valence-electron chi connectivity index (χ2n) is 7.81. The lowest BCUT2D eigenvalue weighted by Gasteiger charge is -2.33. The molecule has 0 spiro atoms. The Hall–Kier alpha value is -0.610. The number of amides is 1. The molecule has 4 heteroatoms. The van der Waals surface area contributed by atoms with E-state index in [1.54, 1.807) is 0 Å². The number of nitrogens with one attached hydrogen (secondary N) is 1. The molecule has 1 rings (SSSR count). The van der Waals surface area contributed by atoms with Crippen molar-refractivity contribution in [2.75, 3.05) is 19.6 Å². The van der Waals surface area contributed by atoms with E-state index in [1.165, 1.54) is 25.8 Å². The third-order valence-corrected chi connectivity index (χ3v) is 4.21. The lowest BCUT2D eigenvalue weighted by Crippen LogP contribution is -2.39. The minimum absolute atomic E-state index is 0.0351. The summed E-state index contributed by atoms with van der Waals surface area (Å²) in [6.07, 6.45) is 6.35. The summed E-state index contributed by atoms with van der Waals surface area (Å²) in [4.78, 5) is 14.4. The van der Waals surface area contributed by atoms with Gasteiger partial charge in [0.2, 0.25) is 5.91 Å². The third-order valence-electron chi connectivity index (χ3n) is 4.21. The molecule has 1 saturated heterocycles. The Morgan fingerprint density at radius 2 is 2.10 bits per heavy atom. The lowest BCUT2D eigenvalue weighted by molar-refractivity contribution is -0.121. The van der Waals surface area contributed by atoms with E-state index in [0.29, 0.717) is 12.5 Å². The molecule has 21 heavy (non-hydrogen) atoms. The second-order valence-corrected chi connectivity index (χ2v) is 7.81. The number of hydrogen-bond donors (Lipinski definition) is 2. The van der Waals surface area contributed by atoms with Crippen LogP contribution in [0.1, 0.15) is 66.2 Å². The summed E-state index contributed by atoms with van der Waals surface area (Å²) in [7, 11) is 0. The Morgan fingerprint density at radius 1 is 1.38 bits per heavy atom. The second kappa shape index (κ2) is 8.74. The van der Waals surface area contributed by atoms with Crippen LogP contribution in [0.15, 0.2) is 0 Å². The van der Waals surface area contributed by atoms with E-state index in [4.69, 9.17) is 5.73 Å². The fourth-order valence-electron chi connectivity index (χ4n) is 3.17. The zero-order chi connectivity index (χ0) is 15.9. The molecule has 124 valence electrons. The average molecular weight is 297 g/mol. The maximum absolute atomic E-state index is 11.9. The monoisotopic (exact) mass is 297 g/mol. The number of piperidine rings is 1. The smallest absolute Gasteiger partial charge is 0.221 e. The molecule has 0 aliphatic carbocycles. The quantitative estimate of drug-likeness (QED) is 0.710. The third kappa shape index (κ3) is 8.42. The van der Waals surface area contributed by atoms with E-state index in [2.05, 4.69) is 37.9 Å². The zero-order valence-electron chi connectivity index (χ0n) is 14.5. The van der Waals surface area contributed by atoms with Gasteiger partial charge in [0.15, 0.2) is 0 Å². The fourth-order valence-corrected chi connectivity index (χ4v) is 3.17. The normalized spacial score (nSPS) is 22.0. The van der Waals surface area contributed by atoms with Gasteiger partial charge in [-0.25, -0.2) is 0 Å². The van der Waals surface area contributed by atoms with Gasteiger partial charge in [-0.2, -0.15) is 0 Å². The van der Waals surface area contributed by atoms with Crippen LogP contribution in [0.25, 0.3) is 0 Å². The van der Waals surface area contributed by atoms with Crippen LogP contribution in [-0.2, 0) is 4.79 Å². The lowest BCUT2D eigenvalue weighted by atomic mass is 9.87. The van der Waals surface area contributed by atoms with Crippen molar-refractivity contribution in [3.05, 3.63) is 0 Å². The number of rotatable bonds is 7. The average Bonchev–Trinajstić information content (AvgIpc) is 2.34. The molecule has 0 bridgehead atoms. The number of likely N-dealkylation sites (tertiary alicyclic amines) is 1. The van der Waals surface area contributed by atoms with Crippen LogP contribution in [0.5, 0.6) is 0 Å². The van der Waals surface area contributed by atoms with Crippen molar-refractivity contribution in [3.63, 3.8) is 0 Å². The van der Waals surface area contributed by atoms with Gasteiger partial charge < -0.3 is 16.0 Å². The Bertz CT molecular complexity index is 312. The van der Waals surface area contributed by atoms with Crippen molar-refractivity contribution in [2.45, 2.75) is 78.3 Å². The van der Waals surface area contributed by atoms with Crippen molar-refractivity contribution in [1.29, 1.82) is 0 Å². The number of carbonyl (C=O) groups excluding carboxylic acids is 1. The standard InChI is InChI=1S/C17H35N3O/c1-14-8-5-6-10-20(14)11-7-9-19-16(21)12-15(18)13-17(2,3)4/h14-15H,5-13,18H2,1-4H3,(H,19,21). The highest BCUT2D eigenvalue weighted by Crippen LogP contribution is 2.21. The summed E-state index contributed by atoms with van der Waals surface area (Å²) < 4.78 is 0. The predicted molar refractivity (Wildman–Crippen MR) is 89.2 cm³/mol. The summed E-state index contributed by atoms with van der Waals surface area (Å²) in [5.41, 5.74) is 6.22. The van der Waals surface area contributed by atoms with Gasteiger partial charge in [-0.1, -0.05) is 27.2 Å². The largest absolute Gasteiger partial charge is 0.356 e. The van der Waals surface area contributed by atoms with E-state index >= 15 is 0 Å². The van der Waals surface area contributed by atoms with Crippen molar-refractivity contribution in [3.8, 4) is 0 Å². The zero-order valence-corrected chi connectivity index (χ0v) is 14.5. The van der Waals surface area contributed by atoms with Gasteiger partial charge in [-0.05, 0) is 44.6 Å². The van der Waals surface area contributed by atoms with Crippen LogP contribution in [0.3, 0.4) is 0 Å². The highest BCUT2D eigenvalue weighted by molar-refractivity contribution is 5.76. The maximum Gasteiger partial charge on any atom is 0.221 e. The van der Waals surface area contributed by atoms with Gasteiger partial charge >= 0.3 is 0 Å². The number of nitrogens with zero attached hydrogens (tertiary/aromatic N) is 1. The van der Waals surface area contributed by atoms with E-state index in [-0.39, 0.29) is 17.4 Å². The minimum atomic E-state index is -0.0351. The molecule has 0 saturated carbocycles. The van der Waals surface area contributed by atoms with Gasteiger partial charge in [0.05, 0.1) is 0 Å². The van der Waals surface area contributed by atoms with Gasteiger partial charge in [0, 0.05) is 31.6 Å². The van der Waals surface area contributed by atoms with Crippen molar-refractivity contribution in [2.24, 2.45) is 11.1 Å². The molecule has 1 amide bonds. The van der Waals surface area contributed by atoms with Gasteiger partial charge in [-0.15, -0.1) is 0 Å². The summed E-state index contributed by atoms with van der Waals surface area (Å²) in [5, 5.41) is 3.01. The predicted octanol–water partition coefficient (Wildman–Crippen LogP) is 2.52. The molecule has 1 heterocycles. The summed E-state index contributed by atoms with van der Waals surface area (Å²) in [5.74, 6) is 0.0958. The maximum atomic E-state index is 11.9. The van der Waals surface area contributed by atoms with Crippen LogP contribution in [0, 0.1) is 5.41 Å². The molecule has 3 N–H and O–H groups in total. The summed E-state index contributed by atoms with van der Waals surface area (Å²) in [6, 6.07) is 0.668. The first-order valence-corrected chi connectivity index (χ1v) is 8.54. The molecule has 1 aliphatic heterocycles. The SMILES string of the molecule is CC1CCCCN1CCCNC(=O)CC(N)CC(C)(C)C. The topological polar surface area (TPSA) is 58.4 Å². The van der Waals surface area contributed by atoms with Gasteiger partial charge in [-0.3, -0.25) is 4.79 Å². The van der Waals surface area contributed by atoms with Crippen molar-refractivity contribution in [1.82, 2.24) is 10.2 Å². The number of carbonyl (C=O) groups is 1. The van der Waals surface area contributed by atoms with Gasteiger partial charge in [0.25, 0.3) is 0 Å². The number of hydrogen-bond acceptors (Lipinski definition) is 3. The first-order valence-electron chi connectivity index (χ1n) is 8.54. The molecule has 1 fully saturated rings. The molecule has 0 radical (unpaired) electrons. The number of nitrogens with two attached hydrogens (primary N) is 1. The van der Waals surface area contributed by atoms with Crippen molar-refractivity contribution >= 4 is 5.91 Å². The Morgan fingerprint density at radius 3 is 2.71 bits per heavy atom. The van der Waals surface area contributed by atoms with Gasteiger partial charge in [0.1, 0.15) is 0 Å². The van der Waals surface area contributed by atoms with E-state index < -0.39 is 0 Å². The molecule has 2 atom stereocenters. The molecule has 0 aromatic rings. The first kappa shape index (κ1) is 18.4. The molecule has 0 aromatic carbocycles. The summed E-state index contributed by atoms with van der Waals surface area (Å²) >= 11 is 0. The van der Waals surface area contributed by atoms with Crippen LogP contribution in [0.2, 0.25) is 0 Å². The molecular weight excluding hydrogens is 262 g/mol. The Labute approximate surface area is 130 Å². The van der Waals surface area contributed by atoms with E-state index in [9.17, 15) is 4.79 Å². The fraction of sp³-hybridized carbons (Fsp3) is 0.941. The summed E-state index contributed by atoms with van der Waals surface area (Å²) in [6.45, 7) is 11.9. The molecule has 2 unspecified atom stereocenters. The highest BCUT2D eigenvalue weighted by Gasteiger charge is 2.19. The van der Waals surface area contributed by atoms with Crippen LogP contribution >= 0.6 is 0 Å². The molecule has 0 aromatic heterocycles. The van der Waals surface area contributed by atoms with E-state index in [1.807, 2.05) is 0 Å². The first-order chi connectivity index (χ1) is 9.78. The molecular formula is C17H35N3O. The minimum Gasteiger partial charge on any atom is -0.356 e. The van der Waals surface area contributed by atoms with Crippen LogP contribution < -0.4 is 11.1 Å². The van der Waals surface area contributed by atoms with Crippen LogP contribution in [-0.4, -0.2) is 42.5 Å². The molecule has 1 aliphatic rings. The van der Waals surface area contributed by atoms with Crippen LogP contribution in [0.4, 0.5) is 0 Å². The Kier molecular flexibility index (Phi) is 7.67. The highest BCUT2D eigenvalue weighted by atomic mass is 16.1. The molecule has 4 nitrogen and oxygen atoms in total. The Balaban J connectivity index is 2.10. The van der Waals surface area contributed by atoms with Crippen molar-refractivity contribution < 1.29 is 4.79 Å².